The van der Waals surface area contributed by atoms with E-state index in [2.05, 4.69) is 4.98 Å². The molecular weight excluding hydrogens is 266 g/mol. The van der Waals surface area contributed by atoms with Gasteiger partial charge in [0, 0.05) is 25.0 Å². The second-order valence-corrected chi connectivity index (χ2v) is 5.02. The molecule has 0 spiro atoms. The molecule has 5 nitrogen and oxygen atoms in total. The highest BCUT2D eigenvalue weighted by atomic mass is 16.5. The Hall–Kier alpha value is -2.56. The van der Waals surface area contributed by atoms with Crippen LogP contribution in [0, 0.1) is 0 Å². The van der Waals surface area contributed by atoms with Crippen molar-refractivity contribution in [3.05, 3.63) is 53.2 Å². The molecule has 21 heavy (non-hydrogen) atoms. The van der Waals surface area contributed by atoms with Gasteiger partial charge in [-0.1, -0.05) is 12.1 Å². The molecule has 0 atom stereocenters. The maximum atomic E-state index is 12.6. The van der Waals surface area contributed by atoms with E-state index in [1.54, 1.807) is 23.2 Å². The molecule has 0 radical (unpaired) electrons. The van der Waals surface area contributed by atoms with E-state index in [9.17, 15) is 4.79 Å². The molecule has 2 aromatic rings. The van der Waals surface area contributed by atoms with Crippen LogP contribution in [0.1, 0.15) is 21.5 Å². The summed E-state index contributed by atoms with van der Waals surface area (Å²) in [4.78, 5) is 18.5. The number of pyridine rings is 1. The molecule has 1 aliphatic rings. The minimum absolute atomic E-state index is 0.0620. The van der Waals surface area contributed by atoms with Crippen molar-refractivity contribution in [2.75, 3.05) is 19.4 Å². The molecule has 1 aromatic heterocycles. The van der Waals surface area contributed by atoms with E-state index in [4.69, 9.17) is 10.5 Å². The molecule has 1 aliphatic heterocycles. The highest BCUT2D eigenvalue weighted by molar-refractivity contribution is 5.96. The van der Waals surface area contributed by atoms with Gasteiger partial charge in [0.1, 0.15) is 5.56 Å². The van der Waals surface area contributed by atoms with E-state index in [1.807, 2.05) is 18.2 Å². The summed E-state index contributed by atoms with van der Waals surface area (Å²) in [5.74, 6) is 0.300. The third-order valence-electron chi connectivity index (χ3n) is 3.78. The number of methoxy groups -OCH3 is 1. The number of amides is 1. The largest absolute Gasteiger partial charge is 0.480 e. The molecule has 0 aliphatic carbocycles. The lowest BCUT2D eigenvalue weighted by atomic mass is 9.97. The number of nitrogens with zero attached hydrogens (tertiary/aromatic N) is 2. The van der Waals surface area contributed by atoms with Gasteiger partial charge >= 0.3 is 0 Å². The summed E-state index contributed by atoms with van der Waals surface area (Å²) in [6, 6.07) is 9.33. The molecule has 1 amide bonds. The van der Waals surface area contributed by atoms with Gasteiger partial charge in [0.15, 0.2) is 0 Å². The van der Waals surface area contributed by atoms with Crippen LogP contribution in [0.5, 0.6) is 5.88 Å². The number of carbonyl (C=O) groups is 1. The van der Waals surface area contributed by atoms with Gasteiger partial charge in [0.25, 0.3) is 5.91 Å². The molecule has 3 rings (SSSR count). The zero-order valence-electron chi connectivity index (χ0n) is 11.9. The lowest BCUT2D eigenvalue weighted by Gasteiger charge is -2.29. The van der Waals surface area contributed by atoms with Crippen molar-refractivity contribution in [1.82, 2.24) is 9.88 Å². The Kier molecular flexibility index (Phi) is 3.48. The number of carbonyl (C=O) groups excluding carboxylic acids is 1. The first-order chi connectivity index (χ1) is 10.2. The number of benzene rings is 1. The Balaban J connectivity index is 1.88. The fourth-order valence-corrected chi connectivity index (χ4v) is 2.70. The van der Waals surface area contributed by atoms with Crippen molar-refractivity contribution in [1.29, 1.82) is 0 Å². The van der Waals surface area contributed by atoms with Crippen molar-refractivity contribution >= 4 is 11.6 Å². The molecule has 1 aromatic carbocycles. The van der Waals surface area contributed by atoms with E-state index in [0.29, 0.717) is 24.5 Å². The zero-order valence-corrected chi connectivity index (χ0v) is 11.9. The van der Waals surface area contributed by atoms with E-state index in [1.165, 1.54) is 7.11 Å². The van der Waals surface area contributed by atoms with Crippen LogP contribution in [-0.4, -0.2) is 29.4 Å². The van der Waals surface area contributed by atoms with Crippen LogP contribution in [0.25, 0.3) is 0 Å². The number of fused-ring (bicyclic) bond motifs is 1. The molecular formula is C16H17N3O2. The maximum absolute atomic E-state index is 12.6. The quantitative estimate of drug-likeness (QED) is 0.854. The Morgan fingerprint density at radius 2 is 2.19 bits per heavy atom. The van der Waals surface area contributed by atoms with Gasteiger partial charge in [0.05, 0.1) is 7.11 Å². The van der Waals surface area contributed by atoms with Gasteiger partial charge in [-0.3, -0.25) is 4.79 Å². The van der Waals surface area contributed by atoms with E-state index in [0.717, 1.165) is 23.2 Å². The van der Waals surface area contributed by atoms with E-state index >= 15 is 0 Å². The highest BCUT2D eigenvalue weighted by Gasteiger charge is 2.25. The van der Waals surface area contributed by atoms with Gasteiger partial charge in [0.2, 0.25) is 5.88 Å². The van der Waals surface area contributed by atoms with Crippen LogP contribution in [0.4, 0.5) is 5.69 Å². The molecule has 0 saturated carbocycles. The number of hydrogen-bond donors (Lipinski definition) is 1. The van der Waals surface area contributed by atoms with Crippen LogP contribution in [0.15, 0.2) is 36.5 Å². The molecule has 0 saturated heterocycles. The molecule has 2 N–H and O–H groups in total. The van der Waals surface area contributed by atoms with Crippen molar-refractivity contribution in [3.8, 4) is 5.88 Å². The third kappa shape index (κ3) is 2.42. The minimum atomic E-state index is -0.0620. The fourth-order valence-electron chi connectivity index (χ4n) is 2.70. The molecule has 0 unspecified atom stereocenters. The highest BCUT2D eigenvalue weighted by Crippen LogP contribution is 2.26. The summed E-state index contributed by atoms with van der Waals surface area (Å²) < 4.78 is 5.17. The number of nitrogens with two attached hydrogens (primary N) is 1. The Labute approximate surface area is 123 Å². The van der Waals surface area contributed by atoms with Crippen LogP contribution in [-0.2, 0) is 13.0 Å². The van der Waals surface area contributed by atoms with Crippen LogP contribution >= 0.6 is 0 Å². The van der Waals surface area contributed by atoms with Crippen molar-refractivity contribution in [3.63, 3.8) is 0 Å². The average molecular weight is 283 g/mol. The number of hydrogen-bond acceptors (Lipinski definition) is 4. The molecule has 2 heterocycles. The summed E-state index contributed by atoms with van der Waals surface area (Å²) >= 11 is 0. The second kappa shape index (κ2) is 5.44. The molecule has 108 valence electrons. The van der Waals surface area contributed by atoms with E-state index < -0.39 is 0 Å². The SMILES string of the molecule is COc1ncccc1C(=O)N1CCc2c(N)cccc2C1. The van der Waals surface area contributed by atoms with Gasteiger partial charge in [-0.15, -0.1) is 0 Å². The lowest BCUT2D eigenvalue weighted by molar-refractivity contribution is 0.0730. The second-order valence-electron chi connectivity index (χ2n) is 5.02. The Bertz CT molecular complexity index is 685. The number of anilines is 1. The first kappa shape index (κ1) is 13.4. The van der Waals surface area contributed by atoms with E-state index in [-0.39, 0.29) is 5.91 Å². The fraction of sp³-hybridized carbons (Fsp3) is 0.250. The third-order valence-corrected chi connectivity index (χ3v) is 3.78. The van der Waals surface area contributed by atoms with Crippen LogP contribution in [0.2, 0.25) is 0 Å². The standard InChI is InChI=1S/C16H17N3O2/c1-21-15-13(5-3-8-18-15)16(20)19-9-7-12-11(10-19)4-2-6-14(12)17/h2-6,8H,7,9-10,17H2,1H3. The number of rotatable bonds is 2. The first-order valence-corrected chi connectivity index (χ1v) is 6.85. The lowest BCUT2D eigenvalue weighted by Crippen LogP contribution is -2.36. The summed E-state index contributed by atoms with van der Waals surface area (Å²) in [5.41, 5.74) is 9.54. The van der Waals surface area contributed by atoms with Gasteiger partial charge in [-0.25, -0.2) is 4.98 Å². The Morgan fingerprint density at radius 1 is 1.33 bits per heavy atom. The summed E-state index contributed by atoms with van der Waals surface area (Å²) in [5, 5.41) is 0. The van der Waals surface area contributed by atoms with Crippen molar-refractivity contribution in [2.24, 2.45) is 0 Å². The molecule has 0 bridgehead atoms. The molecule has 0 fully saturated rings. The number of ether oxygens (including phenoxy) is 1. The Morgan fingerprint density at radius 3 is 3.00 bits per heavy atom. The number of aromatic nitrogens is 1. The minimum Gasteiger partial charge on any atom is -0.480 e. The van der Waals surface area contributed by atoms with Crippen LogP contribution < -0.4 is 10.5 Å². The molecule has 5 heteroatoms. The smallest absolute Gasteiger partial charge is 0.259 e. The van der Waals surface area contributed by atoms with Crippen LogP contribution in [0.3, 0.4) is 0 Å². The predicted octanol–water partition coefficient (Wildman–Crippen LogP) is 1.87. The maximum Gasteiger partial charge on any atom is 0.259 e. The number of nitrogen functional groups attached to an aromatic ring is 1. The van der Waals surface area contributed by atoms with Gasteiger partial charge in [-0.2, -0.15) is 0 Å². The van der Waals surface area contributed by atoms with Crippen molar-refractivity contribution in [2.45, 2.75) is 13.0 Å². The topological polar surface area (TPSA) is 68.5 Å². The normalized spacial score (nSPS) is 13.7. The zero-order chi connectivity index (χ0) is 14.8. The van der Waals surface area contributed by atoms with Gasteiger partial charge in [-0.05, 0) is 35.7 Å². The monoisotopic (exact) mass is 283 g/mol. The average Bonchev–Trinajstić information content (AvgIpc) is 2.54. The summed E-state index contributed by atoms with van der Waals surface area (Å²) in [7, 11) is 1.52. The summed E-state index contributed by atoms with van der Waals surface area (Å²) in [6.07, 6.45) is 2.39. The van der Waals surface area contributed by atoms with Gasteiger partial charge < -0.3 is 15.4 Å². The first-order valence-electron chi connectivity index (χ1n) is 6.85. The van der Waals surface area contributed by atoms with Crippen molar-refractivity contribution < 1.29 is 9.53 Å². The summed E-state index contributed by atoms with van der Waals surface area (Å²) in [6.45, 7) is 1.22. The predicted molar refractivity (Wildman–Crippen MR) is 80.1 cm³/mol.